The maximum Gasteiger partial charge on any atom is 0.241 e. The predicted molar refractivity (Wildman–Crippen MR) is 112 cm³/mol. The molecule has 0 aliphatic carbocycles. The molecule has 0 radical (unpaired) electrons. The highest BCUT2D eigenvalue weighted by atomic mass is 32.2. The Hall–Kier alpha value is -2.29. The number of nitrogens with zero attached hydrogens (tertiary/aromatic N) is 1. The van der Waals surface area contributed by atoms with E-state index < -0.39 is 16.1 Å². The fourth-order valence-electron chi connectivity index (χ4n) is 2.71. The highest BCUT2D eigenvalue weighted by Gasteiger charge is 2.28. The summed E-state index contributed by atoms with van der Waals surface area (Å²) in [7, 11) is -3.79. The van der Waals surface area contributed by atoms with Crippen molar-refractivity contribution in [3.63, 3.8) is 0 Å². The van der Waals surface area contributed by atoms with Crippen LogP contribution >= 0.6 is 11.3 Å². The van der Waals surface area contributed by atoms with Crippen LogP contribution in [0.25, 0.3) is 10.2 Å². The smallest absolute Gasteiger partial charge is 0.241 e. The van der Waals surface area contributed by atoms with Crippen molar-refractivity contribution >= 4 is 37.5 Å². The van der Waals surface area contributed by atoms with Gasteiger partial charge in [0.25, 0.3) is 0 Å². The summed E-state index contributed by atoms with van der Waals surface area (Å²) in [5.74, 6) is -0.583. The van der Waals surface area contributed by atoms with E-state index in [9.17, 15) is 13.2 Å². The summed E-state index contributed by atoms with van der Waals surface area (Å²) < 4.78 is 28.9. The Labute approximate surface area is 169 Å². The first-order valence-electron chi connectivity index (χ1n) is 8.97. The molecular formula is C20H23N3O3S2. The SMILES string of the molecule is Cc1ccc(S(=O)(=O)N[C@H](C(=O)NCc2nc3ccccc3s2)C(C)C)cc1. The Balaban J connectivity index is 1.70. The molecule has 0 unspecified atom stereocenters. The third-order valence-corrected chi connectivity index (χ3v) is 6.81. The van der Waals surface area contributed by atoms with Crippen molar-refractivity contribution in [2.75, 3.05) is 0 Å². The molecule has 1 aromatic heterocycles. The summed E-state index contributed by atoms with van der Waals surface area (Å²) in [5.41, 5.74) is 1.85. The first kappa shape index (κ1) is 20.4. The van der Waals surface area contributed by atoms with Crippen LogP contribution in [0, 0.1) is 12.8 Å². The average Bonchev–Trinajstić information content (AvgIpc) is 3.07. The van der Waals surface area contributed by atoms with Gasteiger partial charge in [-0.05, 0) is 37.1 Å². The minimum atomic E-state index is -3.79. The van der Waals surface area contributed by atoms with E-state index in [1.165, 1.54) is 23.5 Å². The van der Waals surface area contributed by atoms with Crippen molar-refractivity contribution in [2.24, 2.45) is 5.92 Å². The van der Waals surface area contributed by atoms with Gasteiger partial charge < -0.3 is 5.32 Å². The largest absolute Gasteiger partial charge is 0.348 e. The van der Waals surface area contributed by atoms with Gasteiger partial charge in [-0.2, -0.15) is 4.72 Å². The third-order valence-electron chi connectivity index (χ3n) is 4.31. The van der Waals surface area contributed by atoms with Crippen molar-refractivity contribution in [1.29, 1.82) is 0 Å². The molecule has 1 atom stereocenters. The molecule has 0 saturated carbocycles. The quantitative estimate of drug-likeness (QED) is 0.618. The average molecular weight is 418 g/mol. The number of rotatable bonds is 7. The molecule has 0 aliphatic heterocycles. The second kappa shape index (κ2) is 8.38. The van der Waals surface area contributed by atoms with Crippen molar-refractivity contribution in [3.05, 3.63) is 59.1 Å². The normalized spacial score (nSPS) is 13.0. The van der Waals surface area contributed by atoms with Crippen LogP contribution in [0.2, 0.25) is 0 Å². The van der Waals surface area contributed by atoms with Gasteiger partial charge in [-0.25, -0.2) is 13.4 Å². The van der Waals surface area contributed by atoms with Gasteiger partial charge in [-0.1, -0.05) is 43.7 Å². The molecular weight excluding hydrogens is 394 g/mol. The van der Waals surface area contributed by atoms with Crippen LogP contribution < -0.4 is 10.0 Å². The van der Waals surface area contributed by atoms with E-state index in [0.717, 1.165) is 20.8 Å². The van der Waals surface area contributed by atoms with Gasteiger partial charge in [-0.3, -0.25) is 4.79 Å². The highest BCUT2D eigenvalue weighted by molar-refractivity contribution is 7.89. The summed E-state index contributed by atoms with van der Waals surface area (Å²) in [6.07, 6.45) is 0. The van der Waals surface area contributed by atoms with E-state index in [4.69, 9.17) is 0 Å². The van der Waals surface area contributed by atoms with Crippen molar-refractivity contribution in [1.82, 2.24) is 15.0 Å². The molecule has 2 N–H and O–H groups in total. The van der Waals surface area contributed by atoms with Gasteiger partial charge in [0.15, 0.2) is 0 Å². The number of para-hydroxylation sites is 1. The van der Waals surface area contributed by atoms with Gasteiger partial charge >= 0.3 is 0 Å². The number of aryl methyl sites for hydroxylation is 1. The second-order valence-electron chi connectivity index (χ2n) is 6.95. The summed E-state index contributed by atoms with van der Waals surface area (Å²) >= 11 is 1.51. The number of amides is 1. The summed E-state index contributed by atoms with van der Waals surface area (Å²) in [5, 5.41) is 3.58. The van der Waals surface area contributed by atoms with Crippen molar-refractivity contribution in [3.8, 4) is 0 Å². The molecule has 28 heavy (non-hydrogen) atoms. The number of benzene rings is 2. The summed E-state index contributed by atoms with van der Waals surface area (Å²) in [6, 6.07) is 13.4. The zero-order valence-corrected chi connectivity index (χ0v) is 17.6. The van der Waals surface area contributed by atoms with E-state index in [0.29, 0.717) is 0 Å². The molecule has 0 bridgehead atoms. The topological polar surface area (TPSA) is 88.2 Å². The van der Waals surface area contributed by atoms with Crippen LogP contribution in [-0.4, -0.2) is 25.4 Å². The fourth-order valence-corrected chi connectivity index (χ4v) is 4.96. The molecule has 0 spiro atoms. The van der Waals surface area contributed by atoms with E-state index >= 15 is 0 Å². The van der Waals surface area contributed by atoms with Gasteiger partial charge in [0, 0.05) is 0 Å². The first-order chi connectivity index (χ1) is 13.3. The Morgan fingerprint density at radius 1 is 1.11 bits per heavy atom. The number of carbonyl (C=O) groups excluding carboxylic acids is 1. The van der Waals surface area contributed by atoms with Crippen LogP contribution in [0.3, 0.4) is 0 Å². The Morgan fingerprint density at radius 2 is 1.79 bits per heavy atom. The Kier molecular flexibility index (Phi) is 6.12. The molecule has 1 heterocycles. The Morgan fingerprint density at radius 3 is 2.43 bits per heavy atom. The molecule has 3 aromatic rings. The Bertz CT molecular complexity index is 1040. The lowest BCUT2D eigenvalue weighted by Gasteiger charge is -2.21. The number of aromatic nitrogens is 1. The molecule has 0 saturated heterocycles. The van der Waals surface area contributed by atoms with Crippen LogP contribution in [0.15, 0.2) is 53.4 Å². The van der Waals surface area contributed by atoms with Gasteiger partial charge in [0.05, 0.1) is 21.7 Å². The van der Waals surface area contributed by atoms with Crippen LogP contribution in [0.4, 0.5) is 0 Å². The lowest BCUT2D eigenvalue weighted by Crippen LogP contribution is -2.49. The minimum Gasteiger partial charge on any atom is -0.348 e. The maximum absolute atomic E-state index is 12.7. The molecule has 8 heteroatoms. The molecule has 3 rings (SSSR count). The van der Waals surface area contributed by atoms with Crippen molar-refractivity contribution < 1.29 is 13.2 Å². The lowest BCUT2D eigenvalue weighted by atomic mass is 10.1. The standard InChI is InChI=1S/C20H23N3O3S2/c1-13(2)19(23-28(25,26)15-10-8-14(3)9-11-15)20(24)21-12-18-22-16-6-4-5-7-17(16)27-18/h4-11,13,19,23H,12H2,1-3H3,(H,21,24)/t19-/m0/s1. The second-order valence-corrected chi connectivity index (χ2v) is 9.78. The minimum absolute atomic E-state index is 0.141. The molecule has 0 fully saturated rings. The molecule has 0 aliphatic rings. The number of carbonyl (C=O) groups is 1. The first-order valence-corrected chi connectivity index (χ1v) is 11.3. The van der Waals surface area contributed by atoms with Crippen molar-refractivity contribution in [2.45, 2.75) is 38.3 Å². The number of nitrogens with one attached hydrogen (secondary N) is 2. The number of sulfonamides is 1. The molecule has 2 aromatic carbocycles. The predicted octanol–water partition coefficient (Wildman–Crippen LogP) is 3.22. The van der Waals surface area contributed by atoms with E-state index in [-0.39, 0.29) is 23.3 Å². The number of hydrogen-bond donors (Lipinski definition) is 2. The maximum atomic E-state index is 12.7. The van der Waals surface area contributed by atoms with Gasteiger partial charge in [0.1, 0.15) is 11.0 Å². The van der Waals surface area contributed by atoms with E-state index in [1.54, 1.807) is 26.0 Å². The van der Waals surface area contributed by atoms with E-state index in [2.05, 4.69) is 15.0 Å². The molecule has 1 amide bonds. The van der Waals surface area contributed by atoms with Gasteiger partial charge in [0.2, 0.25) is 15.9 Å². The number of fused-ring (bicyclic) bond motifs is 1. The third kappa shape index (κ3) is 4.76. The van der Waals surface area contributed by atoms with Gasteiger partial charge in [-0.15, -0.1) is 11.3 Å². The lowest BCUT2D eigenvalue weighted by molar-refractivity contribution is -0.123. The van der Waals surface area contributed by atoms with Crippen LogP contribution in [0.5, 0.6) is 0 Å². The summed E-state index contributed by atoms with van der Waals surface area (Å²) in [6.45, 7) is 5.75. The highest BCUT2D eigenvalue weighted by Crippen LogP contribution is 2.21. The van der Waals surface area contributed by atoms with Crippen LogP contribution in [0.1, 0.15) is 24.4 Å². The van der Waals surface area contributed by atoms with Crippen LogP contribution in [-0.2, 0) is 21.4 Å². The molecule has 6 nitrogen and oxygen atoms in total. The zero-order chi connectivity index (χ0) is 20.3. The molecule has 148 valence electrons. The monoisotopic (exact) mass is 417 g/mol. The number of thiazole rings is 1. The zero-order valence-electron chi connectivity index (χ0n) is 16.0. The fraction of sp³-hybridized carbons (Fsp3) is 0.300. The summed E-state index contributed by atoms with van der Waals surface area (Å²) in [4.78, 5) is 17.3. The van der Waals surface area contributed by atoms with E-state index in [1.807, 2.05) is 31.2 Å². The number of hydrogen-bond acceptors (Lipinski definition) is 5.